The van der Waals surface area contributed by atoms with Crippen LogP contribution in [-0.2, 0) is 28.6 Å². The Balaban J connectivity index is 1.79. The molecule has 2 bridgehead atoms. The minimum absolute atomic E-state index is 0.0689. The van der Waals surface area contributed by atoms with Crippen LogP contribution in [0.5, 0.6) is 0 Å². The zero-order valence-electron chi connectivity index (χ0n) is 13.7. The molecule has 0 spiro atoms. The fourth-order valence-corrected chi connectivity index (χ4v) is 2.86. The maximum Gasteiger partial charge on any atom is 0.313 e. The van der Waals surface area contributed by atoms with Crippen molar-refractivity contribution in [1.29, 1.82) is 0 Å². The maximum atomic E-state index is 11.9. The van der Waals surface area contributed by atoms with Crippen molar-refractivity contribution < 1.29 is 33.7 Å². The minimum Gasteiger partial charge on any atom is -0.481 e. The minimum atomic E-state index is -1.01. The molecule has 7 nitrogen and oxygen atoms in total. The van der Waals surface area contributed by atoms with E-state index in [1.807, 2.05) is 6.92 Å². The Morgan fingerprint density at radius 3 is 2.48 bits per heavy atom. The molecule has 2 heterocycles. The lowest BCUT2D eigenvalue weighted by Gasteiger charge is -2.25. The van der Waals surface area contributed by atoms with Crippen LogP contribution in [0.15, 0.2) is 0 Å². The Kier molecular flexibility index (Phi) is 5.29. The third-order valence-corrected chi connectivity index (χ3v) is 4.73. The summed E-state index contributed by atoms with van der Waals surface area (Å²) in [7, 11) is 0. The highest BCUT2D eigenvalue weighted by Gasteiger charge is 2.54. The summed E-state index contributed by atoms with van der Waals surface area (Å²) in [6, 6.07) is 0. The van der Waals surface area contributed by atoms with E-state index < -0.39 is 29.4 Å². The van der Waals surface area contributed by atoms with Crippen LogP contribution >= 0.6 is 0 Å². The summed E-state index contributed by atoms with van der Waals surface area (Å²) < 4.78 is 15.9. The summed E-state index contributed by atoms with van der Waals surface area (Å²) >= 11 is 0. The average Bonchev–Trinajstić information content (AvgIpc) is 3.07. The number of carboxylic acid groups (broad SMARTS) is 1. The van der Waals surface area contributed by atoms with Gasteiger partial charge in [-0.15, -0.1) is 0 Å². The summed E-state index contributed by atoms with van der Waals surface area (Å²) in [5.41, 5.74) is -0.587. The third kappa shape index (κ3) is 3.83. The van der Waals surface area contributed by atoms with Crippen molar-refractivity contribution in [3.05, 3.63) is 0 Å². The number of rotatable bonds is 7. The van der Waals surface area contributed by atoms with Gasteiger partial charge in [-0.2, -0.15) is 0 Å². The van der Waals surface area contributed by atoms with Crippen LogP contribution < -0.4 is 0 Å². The van der Waals surface area contributed by atoms with E-state index in [0.717, 1.165) is 0 Å². The molecule has 0 aromatic heterocycles. The fraction of sp³-hybridized carbons (Fsp3) is 0.812. The third-order valence-electron chi connectivity index (χ3n) is 4.73. The van der Waals surface area contributed by atoms with Crippen molar-refractivity contribution in [2.75, 3.05) is 6.61 Å². The van der Waals surface area contributed by atoms with Gasteiger partial charge < -0.3 is 19.3 Å². The van der Waals surface area contributed by atoms with Gasteiger partial charge in [0.15, 0.2) is 0 Å². The molecule has 0 aromatic rings. The molecule has 0 aliphatic carbocycles. The lowest BCUT2D eigenvalue weighted by molar-refractivity contribution is -0.162. The molecule has 130 valence electrons. The first-order valence-corrected chi connectivity index (χ1v) is 8.01. The summed E-state index contributed by atoms with van der Waals surface area (Å²) in [6.07, 6.45) is 0.461. The lowest BCUT2D eigenvalue weighted by atomic mass is 9.86. The van der Waals surface area contributed by atoms with Crippen LogP contribution in [0.2, 0.25) is 0 Å². The number of carboxylic acids is 1. The molecule has 0 amide bonds. The van der Waals surface area contributed by atoms with Crippen molar-refractivity contribution >= 4 is 17.9 Å². The fourth-order valence-electron chi connectivity index (χ4n) is 2.86. The van der Waals surface area contributed by atoms with Gasteiger partial charge in [-0.05, 0) is 33.1 Å². The largest absolute Gasteiger partial charge is 0.481 e. The smallest absolute Gasteiger partial charge is 0.313 e. The van der Waals surface area contributed by atoms with Crippen LogP contribution in [0.3, 0.4) is 0 Å². The Hall–Kier alpha value is -1.63. The molecule has 23 heavy (non-hydrogen) atoms. The number of carbonyl (C=O) groups excluding carboxylic acids is 2. The number of fused-ring (bicyclic) bond motifs is 2. The monoisotopic (exact) mass is 328 g/mol. The Labute approximate surface area is 135 Å². The molecule has 1 N–H and O–H groups in total. The second-order valence-corrected chi connectivity index (χ2v) is 6.73. The molecule has 2 rings (SSSR count). The second-order valence-electron chi connectivity index (χ2n) is 6.73. The van der Waals surface area contributed by atoms with Gasteiger partial charge in [0.05, 0.1) is 24.0 Å². The van der Waals surface area contributed by atoms with Gasteiger partial charge in [0.25, 0.3) is 0 Å². The molecule has 4 atom stereocenters. The molecular formula is C16H24O7. The highest BCUT2D eigenvalue weighted by atomic mass is 16.6. The molecule has 0 saturated carbocycles. The van der Waals surface area contributed by atoms with Gasteiger partial charge in [-0.25, -0.2) is 0 Å². The van der Waals surface area contributed by atoms with Crippen molar-refractivity contribution in [1.82, 2.24) is 0 Å². The van der Waals surface area contributed by atoms with Crippen molar-refractivity contribution in [3.8, 4) is 0 Å². The summed E-state index contributed by atoms with van der Waals surface area (Å²) in [5.74, 6) is -2.75. The Morgan fingerprint density at radius 1 is 1.22 bits per heavy atom. The molecule has 2 fully saturated rings. The summed E-state index contributed by atoms with van der Waals surface area (Å²) in [6.45, 7) is 5.37. The van der Waals surface area contributed by atoms with Crippen molar-refractivity contribution in [2.45, 2.75) is 64.8 Å². The van der Waals surface area contributed by atoms with E-state index in [1.165, 1.54) is 0 Å². The zero-order chi connectivity index (χ0) is 17.2. The van der Waals surface area contributed by atoms with E-state index in [2.05, 4.69) is 0 Å². The number of hydrogen-bond donors (Lipinski definition) is 1. The Bertz CT molecular complexity index is 485. The zero-order valence-corrected chi connectivity index (χ0v) is 13.7. The van der Waals surface area contributed by atoms with Gasteiger partial charge in [0, 0.05) is 0 Å². The molecule has 2 aliphatic heterocycles. The van der Waals surface area contributed by atoms with E-state index in [0.29, 0.717) is 19.3 Å². The molecule has 4 unspecified atom stereocenters. The van der Waals surface area contributed by atoms with Crippen LogP contribution in [-0.4, -0.2) is 47.9 Å². The van der Waals surface area contributed by atoms with Crippen LogP contribution in [0.4, 0.5) is 0 Å². The van der Waals surface area contributed by atoms with Gasteiger partial charge in [-0.1, -0.05) is 6.92 Å². The van der Waals surface area contributed by atoms with Crippen LogP contribution in [0.25, 0.3) is 0 Å². The van der Waals surface area contributed by atoms with Crippen molar-refractivity contribution in [3.63, 3.8) is 0 Å². The van der Waals surface area contributed by atoms with E-state index in [9.17, 15) is 19.5 Å². The summed E-state index contributed by atoms with van der Waals surface area (Å²) in [4.78, 5) is 35.0. The van der Waals surface area contributed by atoms with E-state index in [-0.39, 0.29) is 31.2 Å². The first-order chi connectivity index (χ1) is 10.8. The predicted octanol–water partition coefficient (Wildman–Crippen LogP) is 1.53. The first-order valence-electron chi connectivity index (χ1n) is 8.01. The maximum absolute atomic E-state index is 11.9. The van der Waals surface area contributed by atoms with Gasteiger partial charge in [0.1, 0.15) is 18.6 Å². The molecule has 0 aromatic carbocycles. The van der Waals surface area contributed by atoms with Gasteiger partial charge in [-0.3, -0.25) is 14.4 Å². The highest BCUT2D eigenvalue weighted by molar-refractivity contribution is 5.77. The molecule has 2 saturated heterocycles. The molecule has 7 heteroatoms. The SMILES string of the molecule is CCC(C)(C)C(=O)OCCC(=O)OC1C2CCC(O2)C1C(=O)O. The average molecular weight is 328 g/mol. The Morgan fingerprint density at radius 2 is 1.87 bits per heavy atom. The first kappa shape index (κ1) is 17.7. The number of ether oxygens (including phenoxy) is 3. The highest BCUT2D eigenvalue weighted by Crippen LogP contribution is 2.41. The quantitative estimate of drug-likeness (QED) is 0.707. The van der Waals surface area contributed by atoms with Gasteiger partial charge in [0.2, 0.25) is 0 Å². The summed E-state index contributed by atoms with van der Waals surface area (Å²) in [5, 5.41) is 9.24. The molecular weight excluding hydrogens is 304 g/mol. The topological polar surface area (TPSA) is 99.1 Å². The molecule has 0 radical (unpaired) electrons. The van der Waals surface area contributed by atoms with Crippen LogP contribution in [0, 0.1) is 11.3 Å². The van der Waals surface area contributed by atoms with E-state index in [1.54, 1.807) is 13.8 Å². The number of aliphatic carboxylic acids is 1. The van der Waals surface area contributed by atoms with E-state index >= 15 is 0 Å². The van der Waals surface area contributed by atoms with Gasteiger partial charge >= 0.3 is 17.9 Å². The van der Waals surface area contributed by atoms with E-state index in [4.69, 9.17) is 14.2 Å². The number of esters is 2. The molecule has 2 aliphatic rings. The van der Waals surface area contributed by atoms with Crippen molar-refractivity contribution in [2.24, 2.45) is 11.3 Å². The second kappa shape index (κ2) is 6.86. The standard InChI is InChI=1S/C16H24O7/c1-4-16(2,3)15(20)21-8-7-11(17)23-13-10-6-5-9(22-10)12(13)14(18)19/h9-10,12-13H,4-8H2,1-3H3,(H,18,19). The predicted molar refractivity (Wildman–Crippen MR) is 78.5 cm³/mol. The number of hydrogen-bond acceptors (Lipinski definition) is 6. The lowest BCUT2D eigenvalue weighted by Crippen LogP contribution is -2.41. The van der Waals surface area contributed by atoms with Crippen LogP contribution in [0.1, 0.15) is 46.5 Å². The number of carbonyl (C=O) groups is 3. The normalized spacial score (nSPS) is 29.3.